The van der Waals surface area contributed by atoms with E-state index in [0.29, 0.717) is 18.1 Å². The molecule has 1 N–H and O–H groups in total. The molecule has 2 aromatic heterocycles. The molecule has 0 aliphatic rings. The Labute approximate surface area is 139 Å². The number of ether oxygens (including phenoxy) is 1. The molecule has 1 aromatic carbocycles. The molecule has 0 saturated carbocycles. The fraction of sp³-hybridized carbons (Fsp3) is 0.176. The van der Waals surface area contributed by atoms with Crippen molar-refractivity contribution in [3.05, 3.63) is 66.9 Å². The van der Waals surface area contributed by atoms with Gasteiger partial charge in [-0.2, -0.15) is 5.10 Å². The number of carbonyl (C=O) groups is 1. The first-order chi connectivity index (χ1) is 11.7. The topological polar surface area (TPSA) is 81.9 Å². The SMILES string of the molecule is CC(OCc1ccccc1)C(=O)Nc1ccc(-n2cncn2)nc1. The highest BCUT2D eigenvalue weighted by Gasteiger charge is 2.14. The Kier molecular flexibility index (Phi) is 4.93. The average molecular weight is 323 g/mol. The summed E-state index contributed by atoms with van der Waals surface area (Å²) >= 11 is 0. The minimum absolute atomic E-state index is 0.221. The molecule has 0 aliphatic carbocycles. The summed E-state index contributed by atoms with van der Waals surface area (Å²) in [5.41, 5.74) is 1.62. The molecule has 3 rings (SSSR count). The summed E-state index contributed by atoms with van der Waals surface area (Å²) in [6.45, 7) is 2.11. The molecule has 1 unspecified atom stereocenters. The number of nitrogens with one attached hydrogen (secondary N) is 1. The van der Waals surface area contributed by atoms with Crippen LogP contribution in [0.15, 0.2) is 61.3 Å². The molecule has 1 atom stereocenters. The third-order valence-electron chi connectivity index (χ3n) is 3.38. The molecule has 1 amide bonds. The number of anilines is 1. The summed E-state index contributed by atoms with van der Waals surface area (Å²) < 4.78 is 7.13. The second-order valence-electron chi connectivity index (χ2n) is 5.17. The van der Waals surface area contributed by atoms with E-state index >= 15 is 0 Å². The van der Waals surface area contributed by atoms with E-state index in [9.17, 15) is 4.79 Å². The Morgan fingerprint density at radius 1 is 1.25 bits per heavy atom. The molecule has 0 bridgehead atoms. The van der Waals surface area contributed by atoms with Gasteiger partial charge in [-0.3, -0.25) is 4.79 Å². The number of benzene rings is 1. The molecular weight excluding hydrogens is 306 g/mol. The van der Waals surface area contributed by atoms with Crippen molar-refractivity contribution in [2.75, 3.05) is 5.32 Å². The third kappa shape index (κ3) is 4.02. The van der Waals surface area contributed by atoms with E-state index in [0.717, 1.165) is 5.56 Å². The van der Waals surface area contributed by atoms with Crippen molar-refractivity contribution in [2.45, 2.75) is 19.6 Å². The minimum atomic E-state index is -0.569. The lowest BCUT2D eigenvalue weighted by Gasteiger charge is -2.13. The van der Waals surface area contributed by atoms with Crippen molar-refractivity contribution in [2.24, 2.45) is 0 Å². The van der Waals surface area contributed by atoms with Crippen molar-refractivity contribution >= 4 is 11.6 Å². The number of carbonyl (C=O) groups excluding carboxylic acids is 1. The predicted molar refractivity (Wildman–Crippen MR) is 88.5 cm³/mol. The van der Waals surface area contributed by atoms with E-state index in [-0.39, 0.29) is 5.91 Å². The summed E-state index contributed by atoms with van der Waals surface area (Å²) in [4.78, 5) is 20.3. The van der Waals surface area contributed by atoms with Crippen LogP contribution in [-0.2, 0) is 16.1 Å². The Bertz CT molecular complexity index is 773. The van der Waals surface area contributed by atoms with Gasteiger partial charge in [0.1, 0.15) is 18.8 Å². The van der Waals surface area contributed by atoms with E-state index in [2.05, 4.69) is 20.4 Å². The standard InChI is InChI=1S/C17H17N5O2/c1-13(24-10-14-5-3-2-4-6-14)17(23)21-15-7-8-16(19-9-15)22-12-18-11-20-22/h2-9,11-13H,10H2,1H3,(H,21,23). The maximum Gasteiger partial charge on any atom is 0.253 e. The fourth-order valence-electron chi connectivity index (χ4n) is 2.04. The van der Waals surface area contributed by atoms with Gasteiger partial charge in [-0.1, -0.05) is 30.3 Å². The Balaban J connectivity index is 1.54. The lowest BCUT2D eigenvalue weighted by molar-refractivity contribution is -0.127. The number of aromatic nitrogens is 4. The van der Waals surface area contributed by atoms with Gasteiger partial charge in [0.2, 0.25) is 0 Å². The molecule has 7 heteroatoms. The lowest BCUT2D eigenvalue weighted by Crippen LogP contribution is -2.27. The monoisotopic (exact) mass is 323 g/mol. The number of nitrogens with zero attached hydrogens (tertiary/aromatic N) is 4. The summed E-state index contributed by atoms with van der Waals surface area (Å²) in [5.74, 6) is 0.403. The van der Waals surface area contributed by atoms with Gasteiger partial charge in [0.15, 0.2) is 5.82 Å². The van der Waals surface area contributed by atoms with Crippen LogP contribution in [0.2, 0.25) is 0 Å². The summed E-state index contributed by atoms with van der Waals surface area (Å²) in [6.07, 6.45) is 3.99. The molecule has 0 saturated heterocycles. The maximum atomic E-state index is 12.2. The van der Waals surface area contributed by atoms with Crippen LogP contribution in [0.5, 0.6) is 0 Å². The van der Waals surface area contributed by atoms with Crippen LogP contribution in [0, 0.1) is 0 Å². The number of amides is 1. The zero-order valence-electron chi connectivity index (χ0n) is 13.2. The highest BCUT2D eigenvalue weighted by atomic mass is 16.5. The second kappa shape index (κ2) is 7.47. The van der Waals surface area contributed by atoms with Gasteiger partial charge < -0.3 is 10.1 Å². The summed E-state index contributed by atoms with van der Waals surface area (Å²) in [6, 6.07) is 13.2. The quantitative estimate of drug-likeness (QED) is 0.752. The van der Waals surface area contributed by atoms with E-state index < -0.39 is 6.10 Å². The average Bonchev–Trinajstić information content (AvgIpc) is 3.16. The van der Waals surface area contributed by atoms with Gasteiger partial charge in [-0.15, -0.1) is 0 Å². The normalized spacial score (nSPS) is 11.9. The van der Waals surface area contributed by atoms with Crippen LogP contribution in [0.25, 0.3) is 5.82 Å². The van der Waals surface area contributed by atoms with Crippen molar-refractivity contribution in [3.63, 3.8) is 0 Å². The van der Waals surface area contributed by atoms with Crippen LogP contribution in [0.4, 0.5) is 5.69 Å². The largest absolute Gasteiger partial charge is 0.364 e. The first-order valence-electron chi connectivity index (χ1n) is 7.50. The van der Waals surface area contributed by atoms with Crippen molar-refractivity contribution in [1.82, 2.24) is 19.7 Å². The minimum Gasteiger partial charge on any atom is -0.364 e. The Hall–Kier alpha value is -3.06. The molecule has 0 radical (unpaired) electrons. The molecule has 0 aliphatic heterocycles. The van der Waals surface area contributed by atoms with Crippen LogP contribution in [0.3, 0.4) is 0 Å². The van der Waals surface area contributed by atoms with Crippen LogP contribution >= 0.6 is 0 Å². The number of hydrogen-bond donors (Lipinski definition) is 1. The van der Waals surface area contributed by atoms with Crippen LogP contribution < -0.4 is 5.32 Å². The molecule has 0 fully saturated rings. The highest BCUT2D eigenvalue weighted by molar-refractivity contribution is 5.93. The van der Waals surface area contributed by atoms with E-state index in [1.807, 2.05) is 30.3 Å². The predicted octanol–water partition coefficient (Wildman–Crippen LogP) is 2.21. The summed E-state index contributed by atoms with van der Waals surface area (Å²) in [7, 11) is 0. The second-order valence-corrected chi connectivity index (χ2v) is 5.17. The molecule has 3 aromatic rings. The first kappa shape index (κ1) is 15.8. The zero-order valence-corrected chi connectivity index (χ0v) is 13.2. The van der Waals surface area contributed by atoms with Crippen LogP contribution in [-0.4, -0.2) is 31.8 Å². The lowest BCUT2D eigenvalue weighted by atomic mass is 10.2. The first-order valence-corrected chi connectivity index (χ1v) is 7.50. The van der Waals surface area contributed by atoms with E-state index in [4.69, 9.17) is 4.74 Å². The number of pyridine rings is 1. The van der Waals surface area contributed by atoms with Crippen molar-refractivity contribution in [1.29, 1.82) is 0 Å². The van der Waals surface area contributed by atoms with Crippen molar-refractivity contribution < 1.29 is 9.53 Å². The molecular formula is C17H17N5O2. The molecule has 7 nitrogen and oxygen atoms in total. The molecule has 24 heavy (non-hydrogen) atoms. The van der Waals surface area contributed by atoms with Gasteiger partial charge >= 0.3 is 0 Å². The zero-order chi connectivity index (χ0) is 16.8. The van der Waals surface area contributed by atoms with Gasteiger partial charge in [-0.05, 0) is 24.6 Å². The van der Waals surface area contributed by atoms with Gasteiger partial charge in [0, 0.05) is 0 Å². The Morgan fingerprint density at radius 3 is 2.75 bits per heavy atom. The molecule has 0 spiro atoms. The number of hydrogen-bond acceptors (Lipinski definition) is 5. The van der Waals surface area contributed by atoms with Gasteiger partial charge in [0.25, 0.3) is 5.91 Å². The number of rotatable bonds is 6. The summed E-state index contributed by atoms with van der Waals surface area (Å²) in [5, 5.41) is 6.77. The Morgan fingerprint density at radius 2 is 2.08 bits per heavy atom. The van der Waals surface area contributed by atoms with E-state index in [1.54, 1.807) is 31.6 Å². The molecule has 122 valence electrons. The van der Waals surface area contributed by atoms with Crippen molar-refractivity contribution in [3.8, 4) is 5.82 Å². The smallest absolute Gasteiger partial charge is 0.253 e. The molecule has 2 heterocycles. The fourth-order valence-corrected chi connectivity index (χ4v) is 2.04. The van der Waals surface area contributed by atoms with E-state index in [1.165, 1.54) is 11.0 Å². The maximum absolute atomic E-state index is 12.2. The highest BCUT2D eigenvalue weighted by Crippen LogP contribution is 2.10. The van der Waals surface area contributed by atoms with Gasteiger partial charge in [0.05, 0.1) is 18.5 Å². The third-order valence-corrected chi connectivity index (χ3v) is 3.38. The van der Waals surface area contributed by atoms with Gasteiger partial charge in [-0.25, -0.2) is 14.6 Å². The van der Waals surface area contributed by atoms with Crippen LogP contribution in [0.1, 0.15) is 12.5 Å².